The molecule has 2 rings (SSSR count). The van der Waals surface area contributed by atoms with Crippen molar-refractivity contribution in [3.8, 4) is 5.75 Å². The highest BCUT2D eigenvalue weighted by atomic mass is 16.5. The molecular formula is C19H23NO2. The first-order valence-corrected chi connectivity index (χ1v) is 7.65. The SMILES string of the molecule is CC[C@@H](C)Oc1cccc(C(=O)Nc2c(C)cccc2C)c1. The minimum atomic E-state index is -0.119. The summed E-state index contributed by atoms with van der Waals surface area (Å²) >= 11 is 0. The number of benzene rings is 2. The molecule has 22 heavy (non-hydrogen) atoms. The maximum Gasteiger partial charge on any atom is 0.255 e. The number of aryl methyl sites for hydroxylation is 2. The molecule has 0 aliphatic rings. The fraction of sp³-hybridized carbons (Fsp3) is 0.316. The molecule has 0 aromatic heterocycles. The van der Waals surface area contributed by atoms with Crippen molar-refractivity contribution in [2.45, 2.75) is 40.2 Å². The molecule has 2 aromatic carbocycles. The number of amides is 1. The molecule has 0 aliphatic carbocycles. The summed E-state index contributed by atoms with van der Waals surface area (Å²) in [6.07, 6.45) is 1.07. The fourth-order valence-electron chi connectivity index (χ4n) is 2.22. The molecular weight excluding hydrogens is 274 g/mol. The van der Waals surface area contributed by atoms with Crippen molar-refractivity contribution in [2.75, 3.05) is 5.32 Å². The molecule has 0 saturated heterocycles. The van der Waals surface area contributed by atoms with Crippen LogP contribution in [0.25, 0.3) is 0 Å². The van der Waals surface area contributed by atoms with Gasteiger partial charge in [-0.2, -0.15) is 0 Å². The fourth-order valence-corrected chi connectivity index (χ4v) is 2.22. The molecule has 0 aliphatic heterocycles. The second-order valence-electron chi connectivity index (χ2n) is 5.59. The van der Waals surface area contributed by atoms with Crippen molar-refractivity contribution in [1.82, 2.24) is 0 Å². The average molecular weight is 297 g/mol. The van der Waals surface area contributed by atoms with Crippen molar-refractivity contribution in [2.24, 2.45) is 0 Å². The van der Waals surface area contributed by atoms with E-state index in [0.29, 0.717) is 5.56 Å². The summed E-state index contributed by atoms with van der Waals surface area (Å²) in [6, 6.07) is 13.3. The molecule has 0 fully saturated rings. The van der Waals surface area contributed by atoms with E-state index >= 15 is 0 Å². The van der Waals surface area contributed by atoms with Crippen LogP contribution in [-0.2, 0) is 0 Å². The van der Waals surface area contributed by atoms with E-state index in [1.54, 1.807) is 12.1 Å². The molecule has 0 saturated carbocycles. The van der Waals surface area contributed by atoms with Crippen LogP contribution in [0, 0.1) is 13.8 Å². The van der Waals surface area contributed by atoms with Crippen LogP contribution >= 0.6 is 0 Å². The number of carbonyl (C=O) groups is 1. The first-order chi connectivity index (χ1) is 10.5. The quantitative estimate of drug-likeness (QED) is 0.866. The Labute approximate surface area is 132 Å². The van der Waals surface area contributed by atoms with Gasteiger partial charge in [0.2, 0.25) is 0 Å². The van der Waals surface area contributed by atoms with Gasteiger partial charge in [-0.05, 0) is 56.5 Å². The highest BCUT2D eigenvalue weighted by Gasteiger charge is 2.11. The van der Waals surface area contributed by atoms with Crippen molar-refractivity contribution in [3.05, 3.63) is 59.2 Å². The molecule has 0 heterocycles. The van der Waals surface area contributed by atoms with Gasteiger partial charge in [0.1, 0.15) is 5.75 Å². The zero-order valence-corrected chi connectivity index (χ0v) is 13.6. The van der Waals surface area contributed by atoms with Crippen molar-refractivity contribution in [1.29, 1.82) is 0 Å². The van der Waals surface area contributed by atoms with E-state index in [-0.39, 0.29) is 12.0 Å². The van der Waals surface area contributed by atoms with Gasteiger partial charge in [-0.15, -0.1) is 0 Å². The smallest absolute Gasteiger partial charge is 0.255 e. The van der Waals surface area contributed by atoms with Gasteiger partial charge >= 0.3 is 0 Å². The first-order valence-electron chi connectivity index (χ1n) is 7.65. The molecule has 0 unspecified atom stereocenters. The Balaban J connectivity index is 2.18. The summed E-state index contributed by atoms with van der Waals surface area (Å²) in [4.78, 5) is 12.5. The maximum atomic E-state index is 12.5. The van der Waals surface area contributed by atoms with Crippen LogP contribution in [0.5, 0.6) is 5.75 Å². The van der Waals surface area contributed by atoms with E-state index in [0.717, 1.165) is 29.0 Å². The van der Waals surface area contributed by atoms with Crippen LogP contribution in [0.1, 0.15) is 41.8 Å². The Morgan fingerprint density at radius 1 is 1.14 bits per heavy atom. The van der Waals surface area contributed by atoms with Crippen molar-refractivity contribution < 1.29 is 9.53 Å². The highest BCUT2D eigenvalue weighted by molar-refractivity contribution is 6.05. The first kappa shape index (κ1) is 16.1. The molecule has 1 atom stereocenters. The number of hydrogen-bond donors (Lipinski definition) is 1. The lowest BCUT2D eigenvalue weighted by atomic mass is 10.1. The lowest BCUT2D eigenvalue weighted by Gasteiger charge is -2.14. The zero-order chi connectivity index (χ0) is 16.1. The van der Waals surface area contributed by atoms with E-state index in [2.05, 4.69) is 12.2 Å². The van der Waals surface area contributed by atoms with Gasteiger partial charge in [0.05, 0.1) is 6.10 Å². The summed E-state index contributed by atoms with van der Waals surface area (Å²) in [7, 11) is 0. The molecule has 3 nitrogen and oxygen atoms in total. The van der Waals surface area contributed by atoms with Gasteiger partial charge in [0, 0.05) is 11.3 Å². The van der Waals surface area contributed by atoms with Gasteiger partial charge in [-0.25, -0.2) is 0 Å². The molecule has 1 amide bonds. The van der Waals surface area contributed by atoms with E-state index in [1.807, 2.05) is 51.1 Å². The monoisotopic (exact) mass is 297 g/mol. The highest BCUT2D eigenvalue weighted by Crippen LogP contribution is 2.21. The third-order valence-corrected chi connectivity index (χ3v) is 3.73. The number of carbonyl (C=O) groups excluding carboxylic acids is 1. The molecule has 3 heteroatoms. The summed E-state index contributed by atoms with van der Waals surface area (Å²) < 4.78 is 5.77. The molecule has 116 valence electrons. The molecule has 0 radical (unpaired) electrons. The summed E-state index contributed by atoms with van der Waals surface area (Å²) in [5.74, 6) is 0.607. The van der Waals surface area contributed by atoms with Crippen LogP contribution in [0.2, 0.25) is 0 Å². The summed E-state index contributed by atoms with van der Waals surface area (Å²) in [6.45, 7) is 8.07. The van der Waals surface area contributed by atoms with Crippen molar-refractivity contribution in [3.63, 3.8) is 0 Å². The Bertz CT molecular complexity index is 644. The number of anilines is 1. The Kier molecular flexibility index (Phi) is 5.21. The number of para-hydroxylation sites is 1. The van der Waals surface area contributed by atoms with Gasteiger partial charge in [0.15, 0.2) is 0 Å². The second kappa shape index (κ2) is 7.12. The number of ether oxygens (including phenoxy) is 1. The van der Waals surface area contributed by atoms with E-state index in [1.165, 1.54) is 0 Å². The minimum absolute atomic E-state index is 0.119. The maximum absolute atomic E-state index is 12.5. The third kappa shape index (κ3) is 3.88. The molecule has 0 bridgehead atoms. The number of rotatable bonds is 5. The molecule has 0 spiro atoms. The second-order valence-corrected chi connectivity index (χ2v) is 5.59. The van der Waals surface area contributed by atoms with Gasteiger partial charge < -0.3 is 10.1 Å². The van der Waals surface area contributed by atoms with Crippen LogP contribution < -0.4 is 10.1 Å². The van der Waals surface area contributed by atoms with Gasteiger partial charge in [-0.1, -0.05) is 31.2 Å². The minimum Gasteiger partial charge on any atom is -0.491 e. The van der Waals surface area contributed by atoms with E-state index in [9.17, 15) is 4.79 Å². The lowest BCUT2D eigenvalue weighted by Crippen LogP contribution is -2.15. The van der Waals surface area contributed by atoms with Crippen LogP contribution in [-0.4, -0.2) is 12.0 Å². The lowest BCUT2D eigenvalue weighted by molar-refractivity contribution is 0.102. The number of hydrogen-bond acceptors (Lipinski definition) is 2. The Morgan fingerprint density at radius 2 is 1.77 bits per heavy atom. The summed E-state index contributed by atoms with van der Waals surface area (Å²) in [5.41, 5.74) is 3.59. The molecule has 1 N–H and O–H groups in total. The third-order valence-electron chi connectivity index (χ3n) is 3.73. The molecule has 2 aromatic rings. The summed E-state index contributed by atoms with van der Waals surface area (Å²) in [5, 5.41) is 2.99. The van der Waals surface area contributed by atoms with Crippen LogP contribution in [0.4, 0.5) is 5.69 Å². The Morgan fingerprint density at radius 3 is 2.41 bits per heavy atom. The standard InChI is InChI=1S/C19H23NO2/c1-5-15(4)22-17-11-7-10-16(12-17)19(21)20-18-13(2)8-6-9-14(18)3/h6-12,15H,5H2,1-4H3,(H,20,21)/t15-/m1/s1. The van der Waals surface area contributed by atoms with E-state index in [4.69, 9.17) is 4.74 Å². The normalized spacial score (nSPS) is 11.8. The average Bonchev–Trinajstić information content (AvgIpc) is 2.51. The van der Waals surface area contributed by atoms with Crippen LogP contribution in [0.15, 0.2) is 42.5 Å². The predicted molar refractivity (Wildman–Crippen MR) is 90.7 cm³/mol. The van der Waals surface area contributed by atoms with E-state index < -0.39 is 0 Å². The van der Waals surface area contributed by atoms with Gasteiger partial charge in [0.25, 0.3) is 5.91 Å². The van der Waals surface area contributed by atoms with Gasteiger partial charge in [-0.3, -0.25) is 4.79 Å². The topological polar surface area (TPSA) is 38.3 Å². The van der Waals surface area contributed by atoms with Crippen LogP contribution in [0.3, 0.4) is 0 Å². The predicted octanol–water partition coefficient (Wildman–Crippen LogP) is 4.73. The largest absolute Gasteiger partial charge is 0.491 e. The van der Waals surface area contributed by atoms with Crippen molar-refractivity contribution >= 4 is 11.6 Å². The number of nitrogens with one attached hydrogen (secondary N) is 1. The Hall–Kier alpha value is -2.29. The zero-order valence-electron chi connectivity index (χ0n) is 13.6.